The van der Waals surface area contributed by atoms with E-state index >= 15 is 0 Å². The van der Waals surface area contributed by atoms with Crippen LogP contribution in [-0.4, -0.2) is 0 Å². The molecule has 3 nitrogen and oxygen atoms in total. The quantitative estimate of drug-likeness (QED) is 0.546. The maximum Gasteiger partial charge on any atom is 0.195 e. The van der Waals surface area contributed by atoms with Gasteiger partial charge in [0, 0.05) is 5.56 Å². The van der Waals surface area contributed by atoms with Crippen LogP contribution in [0.2, 0.25) is 0 Å². The first kappa shape index (κ1) is 8.78. The van der Waals surface area contributed by atoms with Crippen LogP contribution in [0.25, 0.3) is 9.69 Å². The van der Waals surface area contributed by atoms with Gasteiger partial charge in [0.05, 0.1) is 19.2 Å². The molecule has 60 valence electrons. The summed E-state index contributed by atoms with van der Waals surface area (Å²) in [5.41, 5.74) is 1.75. The third-order valence-electron chi connectivity index (χ3n) is 1.68. The van der Waals surface area contributed by atoms with Gasteiger partial charge >= 0.3 is 0 Å². The molecule has 0 fully saturated rings. The molecule has 0 aliphatic carbocycles. The minimum absolute atomic E-state index is 0.247. The number of rotatable bonds is 0. The van der Waals surface area contributed by atoms with Crippen molar-refractivity contribution >= 4 is 11.4 Å². The van der Waals surface area contributed by atoms with E-state index in [1.54, 1.807) is 13.0 Å². The molecular formula is C10H5N3. The summed E-state index contributed by atoms with van der Waals surface area (Å²) >= 11 is 0. The van der Waals surface area contributed by atoms with Crippen LogP contribution in [0.3, 0.4) is 0 Å². The van der Waals surface area contributed by atoms with Crippen molar-refractivity contribution in [2.45, 2.75) is 6.92 Å². The zero-order chi connectivity index (χ0) is 9.84. The summed E-state index contributed by atoms with van der Waals surface area (Å²) in [6, 6.07) is 5.00. The molecule has 0 N–H and O–H groups in total. The van der Waals surface area contributed by atoms with Crippen LogP contribution in [0.4, 0.5) is 11.4 Å². The normalized spacial score (nSPS) is 8.15. The van der Waals surface area contributed by atoms with Gasteiger partial charge in [0.2, 0.25) is 0 Å². The average molecular weight is 167 g/mol. The second-order valence-electron chi connectivity index (χ2n) is 2.49. The lowest BCUT2D eigenvalue weighted by molar-refractivity contribution is 1.40. The van der Waals surface area contributed by atoms with Gasteiger partial charge in [-0.1, -0.05) is 6.07 Å². The van der Waals surface area contributed by atoms with Gasteiger partial charge in [0.1, 0.15) is 0 Å². The molecule has 0 unspecified atom stereocenters. The molecular weight excluding hydrogens is 162 g/mol. The molecule has 0 saturated heterocycles. The van der Waals surface area contributed by atoms with Crippen molar-refractivity contribution < 1.29 is 0 Å². The Bertz CT molecular complexity index is 467. The minimum Gasteiger partial charge on any atom is -0.250 e. The highest BCUT2D eigenvalue weighted by Crippen LogP contribution is 2.30. The Hall–Kier alpha value is -2.31. The molecule has 0 aromatic heterocycles. The molecule has 0 amide bonds. The minimum atomic E-state index is 0.247. The van der Waals surface area contributed by atoms with Crippen LogP contribution < -0.4 is 0 Å². The maximum absolute atomic E-state index is 8.67. The fourth-order valence-electron chi connectivity index (χ4n) is 0.981. The number of nitrogens with zero attached hydrogens (tertiary/aromatic N) is 3. The second-order valence-corrected chi connectivity index (χ2v) is 2.49. The van der Waals surface area contributed by atoms with Gasteiger partial charge < -0.3 is 0 Å². The molecule has 1 rings (SSSR count). The third-order valence-corrected chi connectivity index (χ3v) is 1.68. The van der Waals surface area contributed by atoms with E-state index in [-0.39, 0.29) is 5.69 Å². The Kier molecular flexibility index (Phi) is 2.29. The molecule has 0 heterocycles. The van der Waals surface area contributed by atoms with Crippen LogP contribution in [-0.2, 0) is 0 Å². The molecule has 1 aromatic carbocycles. The molecule has 3 heteroatoms. The molecule has 0 bridgehead atoms. The lowest BCUT2D eigenvalue weighted by atomic mass is 10.1. The molecule has 0 aliphatic rings. The summed E-state index contributed by atoms with van der Waals surface area (Å²) in [4.78, 5) is 6.38. The highest BCUT2D eigenvalue weighted by molar-refractivity contribution is 5.73. The number of hydrogen-bond acceptors (Lipinski definition) is 1. The molecule has 0 aliphatic heterocycles. The van der Waals surface area contributed by atoms with Crippen molar-refractivity contribution in [3.8, 4) is 6.07 Å². The highest BCUT2D eigenvalue weighted by atomic mass is 14.7. The largest absolute Gasteiger partial charge is 0.250 e. The summed E-state index contributed by atoms with van der Waals surface area (Å²) in [7, 11) is 0. The van der Waals surface area contributed by atoms with E-state index in [0.717, 1.165) is 5.56 Å². The Labute approximate surface area is 76.5 Å². The maximum atomic E-state index is 8.67. The predicted molar refractivity (Wildman–Crippen MR) is 48.4 cm³/mol. The van der Waals surface area contributed by atoms with E-state index in [4.69, 9.17) is 18.4 Å². The highest BCUT2D eigenvalue weighted by Gasteiger charge is 2.06. The average Bonchev–Trinajstić information content (AvgIpc) is 2.17. The molecule has 13 heavy (non-hydrogen) atoms. The van der Waals surface area contributed by atoms with Gasteiger partial charge in [0.25, 0.3) is 0 Å². The monoisotopic (exact) mass is 167 g/mol. The van der Waals surface area contributed by atoms with Crippen LogP contribution in [0.1, 0.15) is 11.1 Å². The molecule has 0 atom stereocenters. The van der Waals surface area contributed by atoms with Crippen LogP contribution >= 0.6 is 0 Å². The summed E-state index contributed by atoms with van der Waals surface area (Å²) in [5, 5.41) is 8.67. The molecule has 0 spiro atoms. The Morgan fingerprint density at radius 2 is 1.77 bits per heavy atom. The molecule has 0 radical (unpaired) electrons. The van der Waals surface area contributed by atoms with Crippen LogP contribution in [0.15, 0.2) is 12.1 Å². The van der Waals surface area contributed by atoms with E-state index < -0.39 is 0 Å². The Morgan fingerprint density at radius 3 is 2.23 bits per heavy atom. The Morgan fingerprint density at radius 1 is 1.23 bits per heavy atom. The first-order chi connectivity index (χ1) is 6.22. The van der Waals surface area contributed by atoms with E-state index in [9.17, 15) is 0 Å². The summed E-state index contributed by atoms with van der Waals surface area (Å²) < 4.78 is 0. The van der Waals surface area contributed by atoms with Gasteiger partial charge in [-0.15, -0.1) is 0 Å². The predicted octanol–water partition coefficient (Wildman–Crippen LogP) is 2.97. The zero-order valence-electron chi connectivity index (χ0n) is 7.00. The van der Waals surface area contributed by atoms with E-state index in [1.807, 2.05) is 6.07 Å². The fraction of sp³-hybridized carbons (Fsp3) is 0.100. The van der Waals surface area contributed by atoms with E-state index in [0.29, 0.717) is 11.3 Å². The number of nitriles is 1. The number of aryl methyl sites for hydroxylation is 1. The standard InChI is InChI=1S/C10H5N3/c1-7-4-9(12-2)10(13-3)5-8(7)6-11/h4-5H,1H3. The van der Waals surface area contributed by atoms with Gasteiger partial charge in [-0.2, -0.15) is 5.26 Å². The Balaban J connectivity index is 3.51. The SMILES string of the molecule is [C-]#[N+]c1cc(C)c(C#N)cc1[N+]#[C-]. The van der Waals surface area contributed by atoms with Crippen LogP contribution in [0.5, 0.6) is 0 Å². The third kappa shape index (κ3) is 1.48. The second kappa shape index (κ2) is 3.39. The van der Waals surface area contributed by atoms with Crippen molar-refractivity contribution in [1.29, 1.82) is 5.26 Å². The lowest BCUT2D eigenvalue weighted by Crippen LogP contribution is -1.80. The van der Waals surface area contributed by atoms with Crippen LogP contribution in [0, 0.1) is 31.4 Å². The summed E-state index contributed by atoms with van der Waals surface area (Å²) in [6.45, 7) is 15.4. The van der Waals surface area contributed by atoms with Crippen molar-refractivity contribution in [3.05, 3.63) is 46.1 Å². The van der Waals surface area contributed by atoms with Crippen molar-refractivity contribution in [1.82, 2.24) is 0 Å². The molecule has 1 aromatic rings. The topological polar surface area (TPSA) is 32.5 Å². The molecule has 0 saturated carbocycles. The van der Waals surface area contributed by atoms with Gasteiger partial charge in [-0.3, -0.25) is 9.69 Å². The first-order valence-corrected chi connectivity index (χ1v) is 3.52. The van der Waals surface area contributed by atoms with Crippen molar-refractivity contribution in [2.75, 3.05) is 0 Å². The van der Waals surface area contributed by atoms with Gasteiger partial charge in [-0.05, 0) is 18.6 Å². The van der Waals surface area contributed by atoms with E-state index in [1.165, 1.54) is 6.07 Å². The lowest BCUT2D eigenvalue weighted by Gasteiger charge is -1.99. The fourth-order valence-corrected chi connectivity index (χ4v) is 0.981. The van der Waals surface area contributed by atoms with Gasteiger partial charge in [0.15, 0.2) is 11.4 Å². The van der Waals surface area contributed by atoms with Crippen molar-refractivity contribution in [2.24, 2.45) is 0 Å². The summed E-state index contributed by atoms with van der Waals surface area (Å²) in [5.74, 6) is 0. The smallest absolute Gasteiger partial charge is 0.195 e. The zero-order valence-corrected chi connectivity index (χ0v) is 7.00. The van der Waals surface area contributed by atoms with Gasteiger partial charge in [-0.25, -0.2) is 0 Å². The first-order valence-electron chi connectivity index (χ1n) is 3.52. The number of hydrogen-bond donors (Lipinski definition) is 0. The van der Waals surface area contributed by atoms with Crippen molar-refractivity contribution in [3.63, 3.8) is 0 Å². The van der Waals surface area contributed by atoms with E-state index in [2.05, 4.69) is 9.69 Å². The summed E-state index contributed by atoms with van der Waals surface area (Å²) in [6.07, 6.45) is 0. The number of benzene rings is 1.